The minimum atomic E-state index is -0.717. The largest absolute Gasteiger partial charge is 0.312 e. The molecule has 1 aliphatic heterocycles. The second-order valence-electron chi connectivity index (χ2n) is 7.02. The van der Waals surface area contributed by atoms with Crippen LogP contribution in [0.15, 0.2) is 48.7 Å². The molecule has 7 heteroatoms. The normalized spacial score (nSPS) is 17.1. The summed E-state index contributed by atoms with van der Waals surface area (Å²) in [6, 6.07) is 13.4. The van der Waals surface area contributed by atoms with Crippen LogP contribution in [-0.4, -0.2) is 33.0 Å². The Hall–Kier alpha value is -3.22. The molecule has 0 aliphatic carbocycles. The second-order valence-corrected chi connectivity index (χ2v) is 7.02. The van der Waals surface area contributed by atoms with Gasteiger partial charge in [-0.3, -0.25) is 19.3 Å². The zero-order valence-corrected chi connectivity index (χ0v) is 15.3. The third kappa shape index (κ3) is 3.16. The van der Waals surface area contributed by atoms with E-state index in [0.29, 0.717) is 30.5 Å². The third-order valence-electron chi connectivity index (χ3n) is 4.94. The molecule has 0 saturated carbocycles. The van der Waals surface area contributed by atoms with Crippen molar-refractivity contribution in [3.63, 3.8) is 0 Å². The van der Waals surface area contributed by atoms with Gasteiger partial charge in [0, 0.05) is 18.4 Å². The highest BCUT2D eigenvalue weighted by atomic mass is 16.2. The molecule has 1 aliphatic rings. The van der Waals surface area contributed by atoms with Gasteiger partial charge in [-0.25, -0.2) is 0 Å². The predicted molar refractivity (Wildman–Crippen MR) is 103 cm³/mol. The van der Waals surface area contributed by atoms with Gasteiger partial charge < -0.3 is 4.90 Å². The van der Waals surface area contributed by atoms with Gasteiger partial charge >= 0.3 is 0 Å². The Labute approximate surface area is 157 Å². The first-order valence-electron chi connectivity index (χ1n) is 9.06. The number of fused-ring (bicyclic) bond motifs is 1. The maximum Gasteiger partial charge on any atom is 0.239 e. The van der Waals surface area contributed by atoms with Crippen LogP contribution < -0.4 is 10.2 Å². The van der Waals surface area contributed by atoms with Crippen molar-refractivity contribution in [1.82, 2.24) is 14.6 Å². The fourth-order valence-electron chi connectivity index (χ4n) is 3.34. The summed E-state index contributed by atoms with van der Waals surface area (Å²) in [6.45, 7) is 4.79. The van der Waals surface area contributed by atoms with E-state index in [1.54, 1.807) is 21.6 Å². The van der Waals surface area contributed by atoms with Crippen molar-refractivity contribution in [3.05, 3.63) is 54.2 Å². The lowest BCUT2D eigenvalue weighted by Crippen LogP contribution is -2.33. The summed E-state index contributed by atoms with van der Waals surface area (Å²) < 4.78 is 1.68. The van der Waals surface area contributed by atoms with Crippen molar-refractivity contribution in [2.24, 2.45) is 5.92 Å². The van der Waals surface area contributed by atoms with Crippen LogP contribution in [0.2, 0.25) is 0 Å². The number of hydrogen-bond donors (Lipinski definition) is 1. The zero-order valence-electron chi connectivity index (χ0n) is 15.3. The average Bonchev–Trinajstić information content (AvgIpc) is 3.26. The number of anilines is 2. The molecule has 0 radical (unpaired) electrons. The number of aromatic nitrogens is 3. The van der Waals surface area contributed by atoms with Crippen LogP contribution >= 0.6 is 0 Å². The molecule has 7 nitrogen and oxygen atoms in total. The van der Waals surface area contributed by atoms with Gasteiger partial charge in [0.1, 0.15) is 5.92 Å². The van der Waals surface area contributed by atoms with Crippen LogP contribution in [0.25, 0.3) is 5.65 Å². The first kappa shape index (κ1) is 17.2. The number of carbonyl (C=O) groups is 2. The van der Waals surface area contributed by atoms with Crippen LogP contribution in [0.5, 0.6) is 0 Å². The van der Waals surface area contributed by atoms with E-state index < -0.39 is 5.92 Å². The number of hydrogen-bond acceptors (Lipinski definition) is 4. The van der Waals surface area contributed by atoms with Gasteiger partial charge in [-0.2, -0.15) is 0 Å². The molecule has 138 valence electrons. The first-order valence-corrected chi connectivity index (χ1v) is 9.06. The number of nitrogens with zero attached hydrogens (tertiary/aromatic N) is 4. The molecule has 0 bridgehead atoms. The van der Waals surface area contributed by atoms with Crippen molar-refractivity contribution < 1.29 is 9.59 Å². The zero-order chi connectivity index (χ0) is 19.0. The summed E-state index contributed by atoms with van der Waals surface area (Å²) in [5.74, 6) is -0.489. The van der Waals surface area contributed by atoms with Gasteiger partial charge in [-0.15, -0.1) is 10.2 Å². The van der Waals surface area contributed by atoms with Crippen molar-refractivity contribution >= 4 is 29.1 Å². The molecule has 1 atom stereocenters. The van der Waals surface area contributed by atoms with Crippen LogP contribution in [0, 0.1) is 5.92 Å². The Balaban J connectivity index is 1.48. The number of carbonyl (C=O) groups excluding carboxylic acids is 2. The molecule has 4 rings (SSSR count). The topological polar surface area (TPSA) is 79.6 Å². The van der Waals surface area contributed by atoms with Crippen molar-refractivity contribution in [2.45, 2.75) is 26.2 Å². The van der Waals surface area contributed by atoms with Crippen LogP contribution in [0.4, 0.5) is 11.6 Å². The number of amides is 2. The van der Waals surface area contributed by atoms with Gasteiger partial charge in [0.05, 0.1) is 0 Å². The Morgan fingerprint density at radius 2 is 1.93 bits per heavy atom. The molecule has 1 fully saturated rings. The fourth-order valence-corrected chi connectivity index (χ4v) is 3.34. The summed E-state index contributed by atoms with van der Waals surface area (Å²) in [7, 11) is 0. The summed E-state index contributed by atoms with van der Waals surface area (Å²) in [5, 5.41) is 10.7. The fraction of sp³-hybridized carbons (Fsp3) is 0.300. The predicted octanol–water partition coefficient (Wildman–Crippen LogP) is 2.84. The minimum absolute atomic E-state index is 0.182. The van der Waals surface area contributed by atoms with E-state index in [0.717, 1.165) is 5.69 Å². The molecule has 0 spiro atoms. The average molecular weight is 363 g/mol. The number of nitrogens with one attached hydrogen (secondary N) is 1. The Bertz CT molecular complexity index is 993. The van der Waals surface area contributed by atoms with Gasteiger partial charge in [-0.1, -0.05) is 32.0 Å². The Morgan fingerprint density at radius 3 is 2.67 bits per heavy atom. The molecule has 27 heavy (non-hydrogen) atoms. The van der Waals surface area contributed by atoms with E-state index in [1.807, 2.05) is 36.4 Å². The summed E-state index contributed by atoms with van der Waals surface area (Å²) >= 11 is 0. The monoisotopic (exact) mass is 363 g/mol. The maximum atomic E-state index is 12.8. The van der Waals surface area contributed by atoms with Crippen molar-refractivity contribution in [1.29, 1.82) is 0 Å². The molecule has 2 amide bonds. The molecule has 1 saturated heterocycles. The number of pyridine rings is 1. The SMILES string of the molecule is CC(C)c1ccc(N2CCC(C(=O)Nc3nnc4ccccn34)C2=O)cc1. The molecule has 3 heterocycles. The van der Waals surface area contributed by atoms with Gasteiger partial charge in [0.25, 0.3) is 0 Å². The Morgan fingerprint density at radius 1 is 1.15 bits per heavy atom. The van der Waals surface area contributed by atoms with Gasteiger partial charge in [0.15, 0.2) is 5.65 Å². The van der Waals surface area contributed by atoms with Crippen molar-refractivity contribution in [2.75, 3.05) is 16.8 Å². The number of benzene rings is 1. The smallest absolute Gasteiger partial charge is 0.239 e. The van der Waals surface area contributed by atoms with E-state index >= 15 is 0 Å². The lowest BCUT2D eigenvalue weighted by Gasteiger charge is -2.17. The first-order chi connectivity index (χ1) is 13.0. The lowest BCUT2D eigenvalue weighted by molar-refractivity contribution is -0.129. The lowest BCUT2D eigenvalue weighted by atomic mass is 10.0. The molecule has 1 N–H and O–H groups in total. The molecule has 1 unspecified atom stereocenters. The molecular formula is C20H21N5O2. The molecular weight excluding hydrogens is 342 g/mol. The highest BCUT2D eigenvalue weighted by Gasteiger charge is 2.38. The summed E-state index contributed by atoms with van der Waals surface area (Å²) in [6.07, 6.45) is 2.25. The number of rotatable bonds is 4. The van der Waals surface area contributed by atoms with Crippen molar-refractivity contribution in [3.8, 4) is 0 Å². The van der Waals surface area contributed by atoms with Crippen LogP contribution in [-0.2, 0) is 9.59 Å². The summed E-state index contributed by atoms with van der Waals surface area (Å²) in [5.41, 5.74) is 2.68. The third-order valence-corrected chi connectivity index (χ3v) is 4.94. The molecule has 1 aromatic carbocycles. The van der Waals surface area contributed by atoms with E-state index in [1.165, 1.54) is 5.56 Å². The highest BCUT2D eigenvalue weighted by Crippen LogP contribution is 2.27. The highest BCUT2D eigenvalue weighted by molar-refractivity contribution is 6.13. The molecule has 2 aromatic heterocycles. The van der Waals surface area contributed by atoms with E-state index in [4.69, 9.17) is 0 Å². The van der Waals surface area contributed by atoms with E-state index in [2.05, 4.69) is 29.4 Å². The second kappa shape index (κ2) is 6.83. The van der Waals surface area contributed by atoms with Crippen LogP contribution in [0.3, 0.4) is 0 Å². The quantitative estimate of drug-likeness (QED) is 0.723. The summed E-state index contributed by atoms with van der Waals surface area (Å²) in [4.78, 5) is 27.1. The Kier molecular flexibility index (Phi) is 4.35. The van der Waals surface area contributed by atoms with E-state index in [9.17, 15) is 9.59 Å². The maximum absolute atomic E-state index is 12.8. The van der Waals surface area contributed by atoms with Gasteiger partial charge in [0.2, 0.25) is 17.8 Å². The minimum Gasteiger partial charge on any atom is -0.312 e. The van der Waals surface area contributed by atoms with Gasteiger partial charge in [-0.05, 0) is 42.2 Å². The van der Waals surface area contributed by atoms with E-state index in [-0.39, 0.29) is 11.8 Å². The van der Waals surface area contributed by atoms with Crippen LogP contribution in [0.1, 0.15) is 31.7 Å². The standard InChI is InChI=1S/C20H21N5O2/c1-13(2)14-6-8-15(9-7-14)24-12-10-16(19(24)27)18(26)21-20-23-22-17-5-3-4-11-25(17)20/h3-9,11,13,16H,10,12H2,1-2H3,(H,21,23,26). The molecule has 3 aromatic rings.